The molecule has 1 aromatic rings. The van der Waals surface area contributed by atoms with Gasteiger partial charge in [0.05, 0.1) is 0 Å². The molecule has 0 atom stereocenters. The molecule has 1 rings (SSSR count). The van der Waals surface area contributed by atoms with E-state index < -0.39 is 0 Å². The monoisotopic (exact) mass is 279 g/mol. The van der Waals surface area contributed by atoms with E-state index in [9.17, 15) is 4.79 Å². The molecule has 0 radical (unpaired) electrons. The highest BCUT2D eigenvalue weighted by Crippen LogP contribution is 2.15. The van der Waals surface area contributed by atoms with Crippen LogP contribution in [0.15, 0.2) is 24.3 Å². The number of anilines is 1. The number of nitrogens with one attached hydrogen (secondary N) is 1. The maximum atomic E-state index is 11.8. The molecule has 0 aliphatic rings. The summed E-state index contributed by atoms with van der Waals surface area (Å²) in [5.41, 5.74) is 6.46. The summed E-state index contributed by atoms with van der Waals surface area (Å²) in [5.74, 6) is 0.718. The summed E-state index contributed by atoms with van der Waals surface area (Å²) in [6.07, 6.45) is 0.941. The van der Waals surface area contributed by atoms with Gasteiger partial charge in [0.2, 0.25) is 0 Å². The van der Waals surface area contributed by atoms with Gasteiger partial charge in [-0.1, -0.05) is 0 Å². The van der Waals surface area contributed by atoms with Gasteiger partial charge in [-0.25, -0.2) is 0 Å². The number of benzene rings is 1. The van der Waals surface area contributed by atoms with Crippen LogP contribution in [0, 0.1) is 0 Å². The van der Waals surface area contributed by atoms with Gasteiger partial charge in [0.1, 0.15) is 5.75 Å². The van der Waals surface area contributed by atoms with Gasteiger partial charge < -0.3 is 20.7 Å². The number of likely N-dealkylation sites (N-methyl/N-ethyl adjacent to an activating group) is 1. The summed E-state index contributed by atoms with van der Waals surface area (Å²) < 4.78 is 5.49. The predicted octanol–water partition coefficient (Wildman–Crippen LogP) is 1.69. The van der Waals surface area contributed by atoms with Crippen molar-refractivity contribution >= 4 is 11.6 Å². The number of nitrogens with two attached hydrogens (primary N) is 1. The first kappa shape index (κ1) is 16.3. The molecule has 0 aliphatic heterocycles. The van der Waals surface area contributed by atoms with Crippen molar-refractivity contribution < 1.29 is 9.53 Å². The Labute approximate surface area is 121 Å². The number of amides is 1. The summed E-state index contributed by atoms with van der Waals surface area (Å²) in [5, 5.41) is 3.26. The fourth-order valence-corrected chi connectivity index (χ4v) is 1.82. The largest absolute Gasteiger partial charge is 0.484 e. The second kappa shape index (κ2) is 9.20. The van der Waals surface area contributed by atoms with Gasteiger partial charge in [0.25, 0.3) is 5.91 Å². The van der Waals surface area contributed by atoms with E-state index in [0.717, 1.165) is 18.7 Å². The third-order valence-corrected chi connectivity index (χ3v) is 3.04. The summed E-state index contributed by atoms with van der Waals surface area (Å²) in [7, 11) is 0. The van der Waals surface area contributed by atoms with Crippen molar-refractivity contribution in [1.29, 1.82) is 0 Å². The molecule has 0 saturated heterocycles. The number of carbonyl (C=O) groups is 1. The highest BCUT2D eigenvalue weighted by atomic mass is 16.5. The van der Waals surface area contributed by atoms with Gasteiger partial charge in [0.15, 0.2) is 6.61 Å². The Hall–Kier alpha value is -1.75. The van der Waals surface area contributed by atoms with E-state index in [1.54, 1.807) is 4.90 Å². The molecular formula is C15H25N3O2. The van der Waals surface area contributed by atoms with Crippen LogP contribution in [0.5, 0.6) is 5.75 Å². The van der Waals surface area contributed by atoms with Gasteiger partial charge in [-0.2, -0.15) is 0 Å². The third kappa shape index (κ3) is 5.48. The van der Waals surface area contributed by atoms with Crippen LogP contribution in [0.25, 0.3) is 0 Å². The first-order chi connectivity index (χ1) is 9.71. The molecule has 0 aliphatic carbocycles. The molecule has 3 N–H and O–H groups in total. The molecule has 20 heavy (non-hydrogen) atoms. The van der Waals surface area contributed by atoms with E-state index in [-0.39, 0.29) is 12.5 Å². The predicted molar refractivity (Wildman–Crippen MR) is 82.0 cm³/mol. The Bertz CT molecular complexity index is 389. The first-order valence-corrected chi connectivity index (χ1v) is 7.15. The van der Waals surface area contributed by atoms with E-state index in [1.807, 2.05) is 38.1 Å². The zero-order valence-corrected chi connectivity index (χ0v) is 12.4. The Morgan fingerprint density at radius 3 is 2.45 bits per heavy atom. The van der Waals surface area contributed by atoms with Gasteiger partial charge in [-0.15, -0.1) is 0 Å². The SMILES string of the molecule is CCN(CC)C(=O)COc1ccc(NCCCN)cc1. The number of ether oxygens (including phenoxy) is 1. The molecule has 1 amide bonds. The average Bonchev–Trinajstić information content (AvgIpc) is 2.48. The quantitative estimate of drug-likeness (QED) is 0.675. The molecule has 5 nitrogen and oxygen atoms in total. The maximum absolute atomic E-state index is 11.8. The van der Waals surface area contributed by atoms with E-state index in [4.69, 9.17) is 10.5 Å². The molecule has 112 valence electrons. The van der Waals surface area contributed by atoms with Crippen LogP contribution in [0.2, 0.25) is 0 Å². The number of hydrogen-bond acceptors (Lipinski definition) is 4. The van der Waals surface area contributed by atoms with Crippen molar-refractivity contribution in [3.8, 4) is 5.75 Å². The first-order valence-electron chi connectivity index (χ1n) is 7.15. The Kier molecular flexibility index (Phi) is 7.50. The highest BCUT2D eigenvalue weighted by Gasteiger charge is 2.09. The Morgan fingerprint density at radius 2 is 1.90 bits per heavy atom. The topological polar surface area (TPSA) is 67.6 Å². The van der Waals surface area contributed by atoms with Crippen LogP contribution in [0.1, 0.15) is 20.3 Å². The lowest BCUT2D eigenvalue weighted by Gasteiger charge is -2.18. The van der Waals surface area contributed by atoms with Gasteiger partial charge in [0, 0.05) is 25.3 Å². The summed E-state index contributed by atoms with van der Waals surface area (Å²) in [4.78, 5) is 13.5. The molecule has 1 aromatic carbocycles. The summed E-state index contributed by atoms with van der Waals surface area (Å²) in [6, 6.07) is 7.60. The third-order valence-electron chi connectivity index (χ3n) is 3.04. The maximum Gasteiger partial charge on any atom is 0.260 e. The van der Waals surface area contributed by atoms with Crippen LogP contribution in [0.3, 0.4) is 0 Å². The molecule has 0 aromatic heterocycles. The summed E-state index contributed by atoms with van der Waals surface area (Å²) >= 11 is 0. The van der Waals surface area contributed by atoms with Gasteiger partial charge in [-0.3, -0.25) is 4.79 Å². The Morgan fingerprint density at radius 1 is 1.25 bits per heavy atom. The minimum Gasteiger partial charge on any atom is -0.484 e. The van der Waals surface area contributed by atoms with Gasteiger partial charge in [-0.05, 0) is 51.1 Å². The minimum absolute atomic E-state index is 0.0140. The fourth-order valence-electron chi connectivity index (χ4n) is 1.82. The van der Waals surface area contributed by atoms with E-state index in [2.05, 4.69) is 5.32 Å². The zero-order valence-electron chi connectivity index (χ0n) is 12.4. The minimum atomic E-state index is 0.0140. The standard InChI is InChI=1S/C15H25N3O2/c1-3-18(4-2)15(19)12-20-14-8-6-13(7-9-14)17-11-5-10-16/h6-9,17H,3-5,10-12,16H2,1-2H3. The zero-order chi connectivity index (χ0) is 14.8. The average molecular weight is 279 g/mol. The van der Waals surface area contributed by atoms with Crippen molar-refractivity contribution in [2.75, 3.05) is 38.1 Å². The smallest absolute Gasteiger partial charge is 0.260 e. The fraction of sp³-hybridized carbons (Fsp3) is 0.533. The summed E-state index contributed by atoms with van der Waals surface area (Å²) in [6.45, 7) is 6.97. The van der Waals surface area contributed by atoms with Gasteiger partial charge >= 0.3 is 0 Å². The van der Waals surface area contributed by atoms with Crippen molar-refractivity contribution in [2.24, 2.45) is 5.73 Å². The molecular weight excluding hydrogens is 254 g/mol. The van der Waals surface area contributed by atoms with E-state index >= 15 is 0 Å². The lowest BCUT2D eigenvalue weighted by molar-refractivity contribution is -0.132. The number of hydrogen-bond donors (Lipinski definition) is 2. The highest BCUT2D eigenvalue weighted by molar-refractivity contribution is 5.77. The molecule has 5 heteroatoms. The van der Waals surface area contributed by atoms with Crippen molar-refractivity contribution in [2.45, 2.75) is 20.3 Å². The second-order valence-electron chi connectivity index (χ2n) is 4.45. The lowest BCUT2D eigenvalue weighted by Crippen LogP contribution is -2.34. The molecule has 0 fully saturated rings. The van der Waals surface area contributed by atoms with Crippen molar-refractivity contribution in [3.63, 3.8) is 0 Å². The number of nitrogens with zero attached hydrogens (tertiary/aromatic N) is 1. The molecule has 0 unspecified atom stereocenters. The lowest BCUT2D eigenvalue weighted by atomic mass is 10.3. The molecule has 0 heterocycles. The van der Waals surface area contributed by atoms with Crippen molar-refractivity contribution in [1.82, 2.24) is 4.90 Å². The van der Waals surface area contributed by atoms with Crippen LogP contribution in [-0.4, -0.2) is 43.6 Å². The van der Waals surface area contributed by atoms with Crippen molar-refractivity contribution in [3.05, 3.63) is 24.3 Å². The normalized spacial score (nSPS) is 10.2. The Balaban J connectivity index is 2.39. The second-order valence-corrected chi connectivity index (χ2v) is 4.45. The van der Waals surface area contributed by atoms with E-state index in [1.165, 1.54) is 0 Å². The number of rotatable bonds is 9. The number of carbonyl (C=O) groups excluding carboxylic acids is 1. The van der Waals surface area contributed by atoms with Crippen LogP contribution in [0.4, 0.5) is 5.69 Å². The molecule has 0 saturated carbocycles. The van der Waals surface area contributed by atoms with Crippen LogP contribution >= 0.6 is 0 Å². The van der Waals surface area contributed by atoms with E-state index in [0.29, 0.717) is 25.4 Å². The van der Waals surface area contributed by atoms with Crippen LogP contribution < -0.4 is 15.8 Å². The molecule has 0 spiro atoms. The molecule has 0 bridgehead atoms. The van der Waals surface area contributed by atoms with Crippen LogP contribution in [-0.2, 0) is 4.79 Å².